The van der Waals surface area contributed by atoms with E-state index in [-0.39, 0.29) is 17.0 Å². The maximum absolute atomic E-state index is 14.0. The summed E-state index contributed by atoms with van der Waals surface area (Å²) in [4.78, 5) is 24.9. The van der Waals surface area contributed by atoms with Crippen LogP contribution in [-0.4, -0.2) is 22.2 Å². The molecule has 1 aromatic heterocycles. The molecule has 0 radical (unpaired) electrons. The summed E-state index contributed by atoms with van der Waals surface area (Å²) in [5.41, 5.74) is -0.580. The van der Waals surface area contributed by atoms with Crippen molar-refractivity contribution >= 4 is 10.9 Å². The van der Waals surface area contributed by atoms with Crippen LogP contribution < -0.4 is 16.6 Å². The molecule has 1 unspecified atom stereocenters. The number of nitrogens with one attached hydrogen (secondary N) is 1. The van der Waals surface area contributed by atoms with Crippen molar-refractivity contribution in [2.45, 2.75) is 19.4 Å². The summed E-state index contributed by atoms with van der Waals surface area (Å²) in [6, 6.07) is 4.35. The Hall–Kier alpha value is -1.95. The lowest BCUT2D eigenvalue weighted by Gasteiger charge is -2.23. The molecule has 2 aromatic rings. The predicted octanol–water partition coefficient (Wildman–Crippen LogP) is 0.839. The average molecular weight is 291 g/mol. The molecule has 112 valence electrons. The second kappa shape index (κ2) is 5.44. The third kappa shape index (κ3) is 2.40. The molecule has 0 spiro atoms. The van der Waals surface area contributed by atoms with Crippen LogP contribution >= 0.6 is 0 Å². The molecule has 1 aromatic carbocycles. The number of aromatic nitrogens is 2. The largest absolute Gasteiger partial charge is 0.331 e. The second-order valence-electron chi connectivity index (χ2n) is 5.60. The van der Waals surface area contributed by atoms with Crippen molar-refractivity contribution in [1.29, 1.82) is 0 Å². The summed E-state index contributed by atoms with van der Waals surface area (Å²) >= 11 is 0. The molecule has 2 heterocycles. The maximum Gasteiger partial charge on any atom is 0.331 e. The van der Waals surface area contributed by atoms with Gasteiger partial charge in [-0.25, -0.2) is 9.18 Å². The van der Waals surface area contributed by atoms with Gasteiger partial charge in [-0.1, -0.05) is 6.07 Å². The number of piperidine rings is 1. The Morgan fingerprint density at radius 1 is 1.38 bits per heavy atom. The van der Waals surface area contributed by atoms with Crippen molar-refractivity contribution in [2.24, 2.45) is 13.0 Å². The molecule has 21 heavy (non-hydrogen) atoms. The maximum atomic E-state index is 14.0. The Labute approximate surface area is 121 Å². The van der Waals surface area contributed by atoms with Crippen LogP contribution in [0.1, 0.15) is 12.8 Å². The third-order valence-corrected chi connectivity index (χ3v) is 4.17. The van der Waals surface area contributed by atoms with Gasteiger partial charge < -0.3 is 5.32 Å². The topological polar surface area (TPSA) is 56.0 Å². The molecule has 1 N–H and O–H groups in total. The zero-order chi connectivity index (χ0) is 15.0. The van der Waals surface area contributed by atoms with Crippen LogP contribution in [0.15, 0.2) is 27.8 Å². The molecule has 1 saturated heterocycles. The fourth-order valence-electron chi connectivity index (χ4n) is 3.01. The zero-order valence-corrected chi connectivity index (χ0v) is 11.9. The molecule has 1 aliphatic heterocycles. The van der Waals surface area contributed by atoms with Gasteiger partial charge >= 0.3 is 5.69 Å². The monoisotopic (exact) mass is 291 g/mol. The SMILES string of the molecule is Cn1c(=O)n(CC2CCCNC2)c(=O)c2c(F)cccc21. The number of hydrogen-bond donors (Lipinski definition) is 1. The summed E-state index contributed by atoms with van der Waals surface area (Å²) in [5, 5.41) is 3.25. The molecule has 1 atom stereocenters. The lowest BCUT2D eigenvalue weighted by atomic mass is 9.99. The number of hydrogen-bond acceptors (Lipinski definition) is 3. The Kier molecular flexibility index (Phi) is 3.63. The fourth-order valence-corrected chi connectivity index (χ4v) is 3.01. The minimum atomic E-state index is -0.580. The zero-order valence-electron chi connectivity index (χ0n) is 11.9. The minimum absolute atomic E-state index is 0.0108. The molecule has 1 fully saturated rings. The Morgan fingerprint density at radius 3 is 2.90 bits per heavy atom. The van der Waals surface area contributed by atoms with E-state index in [9.17, 15) is 14.0 Å². The first-order valence-corrected chi connectivity index (χ1v) is 7.18. The van der Waals surface area contributed by atoms with Crippen molar-refractivity contribution in [3.63, 3.8) is 0 Å². The molecule has 5 nitrogen and oxygen atoms in total. The number of benzene rings is 1. The van der Waals surface area contributed by atoms with Crippen LogP contribution in [0.2, 0.25) is 0 Å². The van der Waals surface area contributed by atoms with Crippen molar-refractivity contribution in [3.05, 3.63) is 44.9 Å². The van der Waals surface area contributed by atoms with Gasteiger partial charge in [-0.2, -0.15) is 0 Å². The molecule has 0 aliphatic carbocycles. The van der Waals surface area contributed by atoms with Crippen LogP contribution in [0.3, 0.4) is 0 Å². The highest BCUT2D eigenvalue weighted by molar-refractivity contribution is 5.78. The quantitative estimate of drug-likeness (QED) is 0.892. The van der Waals surface area contributed by atoms with Crippen molar-refractivity contribution < 1.29 is 4.39 Å². The van der Waals surface area contributed by atoms with E-state index in [1.54, 1.807) is 13.1 Å². The van der Waals surface area contributed by atoms with E-state index in [1.165, 1.54) is 21.3 Å². The van der Waals surface area contributed by atoms with Crippen LogP contribution in [0.5, 0.6) is 0 Å². The normalized spacial score (nSPS) is 19.0. The van der Waals surface area contributed by atoms with Gasteiger partial charge in [-0.15, -0.1) is 0 Å². The highest BCUT2D eigenvalue weighted by Gasteiger charge is 2.19. The third-order valence-electron chi connectivity index (χ3n) is 4.17. The first kappa shape index (κ1) is 14.0. The summed E-state index contributed by atoms with van der Waals surface area (Å²) < 4.78 is 16.5. The van der Waals surface area contributed by atoms with Gasteiger partial charge in [-0.3, -0.25) is 13.9 Å². The van der Waals surface area contributed by atoms with Gasteiger partial charge in [0.15, 0.2) is 0 Å². The Bertz CT molecular complexity index is 788. The van der Waals surface area contributed by atoms with Crippen molar-refractivity contribution in [1.82, 2.24) is 14.5 Å². The van der Waals surface area contributed by atoms with Crippen LogP contribution in [0.4, 0.5) is 4.39 Å². The van der Waals surface area contributed by atoms with Crippen molar-refractivity contribution in [3.8, 4) is 0 Å². The first-order chi connectivity index (χ1) is 10.1. The number of nitrogens with zero attached hydrogens (tertiary/aromatic N) is 2. The Balaban J connectivity index is 2.16. The average Bonchev–Trinajstić information content (AvgIpc) is 2.50. The summed E-state index contributed by atoms with van der Waals surface area (Å²) in [6.07, 6.45) is 2.00. The van der Waals surface area contributed by atoms with E-state index < -0.39 is 11.4 Å². The molecule has 6 heteroatoms. The van der Waals surface area contributed by atoms with Gasteiger partial charge in [0, 0.05) is 13.6 Å². The fraction of sp³-hybridized carbons (Fsp3) is 0.467. The van der Waals surface area contributed by atoms with E-state index in [0.717, 1.165) is 25.9 Å². The second-order valence-corrected chi connectivity index (χ2v) is 5.60. The van der Waals surface area contributed by atoms with Crippen LogP contribution in [-0.2, 0) is 13.6 Å². The minimum Gasteiger partial charge on any atom is -0.316 e. The lowest BCUT2D eigenvalue weighted by Crippen LogP contribution is -2.43. The predicted molar refractivity (Wildman–Crippen MR) is 79.0 cm³/mol. The molecule has 0 saturated carbocycles. The van der Waals surface area contributed by atoms with Gasteiger partial charge in [-0.05, 0) is 44.0 Å². The smallest absolute Gasteiger partial charge is 0.316 e. The van der Waals surface area contributed by atoms with Gasteiger partial charge in [0.05, 0.1) is 10.9 Å². The van der Waals surface area contributed by atoms with Crippen LogP contribution in [0, 0.1) is 11.7 Å². The summed E-state index contributed by atoms with van der Waals surface area (Å²) in [7, 11) is 1.57. The number of fused-ring (bicyclic) bond motifs is 1. The highest BCUT2D eigenvalue weighted by Crippen LogP contribution is 2.14. The van der Waals surface area contributed by atoms with Gasteiger partial charge in [0.1, 0.15) is 5.82 Å². The van der Waals surface area contributed by atoms with E-state index in [2.05, 4.69) is 5.32 Å². The number of halogens is 1. The number of rotatable bonds is 2. The molecule has 1 aliphatic rings. The van der Waals surface area contributed by atoms with E-state index >= 15 is 0 Å². The van der Waals surface area contributed by atoms with E-state index in [1.807, 2.05) is 0 Å². The number of aryl methyl sites for hydroxylation is 1. The summed E-state index contributed by atoms with van der Waals surface area (Å²) in [6.45, 7) is 2.09. The molecular weight excluding hydrogens is 273 g/mol. The standard InChI is InChI=1S/C15H18FN3O2/c1-18-12-6-2-5-11(16)13(12)14(20)19(15(18)21)9-10-4-3-7-17-8-10/h2,5-6,10,17H,3-4,7-9H2,1H3. The highest BCUT2D eigenvalue weighted by atomic mass is 19.1. The molecule has 0 bridgehead atoms. The van der Waals surface area contributed by atoms with Gasteiger partial charge in [0.2, 0.25) is 0 Å². The molecular formula is C15H18FN3O2. The Morgan fingerprint density at radius 2 is 2.19 bits per heavy atom. The van der Waals surface area contributed by atoms with E-state index in [4.69, 9.17) is 0 Å². The lowest BCUT2D eigenvalue weighted by molar-refractivity contribution is 0.327. The van der Waals surface area contributed by atoms with Crippen molar-refractivity contribution in [2.75, 3.05) is 13.1 Å². The van der Waals surface area contributed by atoms with E-state index in [0.29, 0.717) is 12.1 Å². The van der Waals surface area contributed by atoms with Gasteiger partial charge in [0.25, 0.3) is 5.56 Å². The first-order valence-electron chi connectivity index (χ1n) is 7.18. The molecule has 0 amide bonds. The van der Waals surface area contributed by atoms with Crippen LogP contribution in [0.25, 0.3) is 10.9 Å². The summed E-state index contributed by atoms with van der Waals surface area (Å²) in [5.74, 6) is -0.350. The molecule has 3 rings (SSSR count).